The van der Waals surface area contributed by atoms with Crippen LogP contribution >= 0.6 is 23.2 Å². The maximum atomic E-state index is 12.3. The summed E-state index contributed by atoms with van der Waals surface area (Å²) in [5, 5.41) is 7.56. The third kappa shape index (κ3) is 2.59. The smallest absolute Gasteiger partial charge is 0.276 e. The number of nitrogens with one attached hydrogen (secondary N) is 1. The molecule has 1 amide bonds. The Morgan fingerprint density at radius 2 is 2.15 bits per heavy atom. The van der Waals surface area contributed by atoms with E-state index < -0.39 is 0 Å². The van der Waals surface area contributed by atoms with Crippen LogP contribution in [0.1, 0.15) is 23.1 Å². The van der Waals surface area contributed by atoms with E-state index in [0.29, 0.717) is 39.2 Å². The van der Waals surface area contributed by atoms with E-state index in [4.69, 9.17) is 28.9 Å². The van der Waals surface area contributed by atoms with Gasteiger partial charge in [-0.2, -0.15) is 5.10 Å². The molecule has 0 fully saturated rings. The number of benzene rings is 1. The highest BCUT2D eigenvalue weighted by Gasteiger charge is 2.20. The molecule has 1 aromatic heterocycles. The Hall–Kier alpha value is -1.72. The van der Waals surface area contributed by atoms with Gasteiger partial charge < -0.3 is 11.1 Å². The molecule has 0 saturated carbocycles. The van der Waals surface area contributed by atoms with Crippen LogP contribution in [0.15, 0.2) is 18.2 Å². The number of halogens is 2. The molecule has 3 N–H and O–H groups in total. The molecule has 106 valence electrons. The van der Waals surface area contributed by atoms with E-state index in [9.17, 15) is 4.79 Å². The Labute approximate surface area is 126 Å². The van der Waals surface area contributed by atoms with Gasteiger partial charge in [-0.25, -0.2) is 0 Å². The lowest BCUT2D eigenvalue weighted by molar-refractivity contribution is 0.101. The fraction of sp³-hybridized carbons (Fsp3) is 0.231. The molecule has 0 radical (unpaired) electrons. The Morgan fingerprint density at radius 3 is 2.75 bits per heavy atom. The Bertz CT molecular complexity index is 667. The summed E-state index contributed by atoms with van der Waals surface area (Å²) in [7, 11) is 1.67. The summed E-state index contributed by atoms with van der Waals surface area (Å²) in [4.78, 5) is 12.3. The summed E-state index contributed by atoms with van der Waals surface area (Å²) in [6.07, 6.45) is 0.658. The van der Waals surface area contributed by atoms with Gasteiger partial charge in [-0.1, -0.05) is 36.2 Å². The van der Waals surface area contributed by atoms with Crippen LogP contribution in [0.4, 0.5) is 11.4 Å². The SMILES string of the molecule is CCc1nn(C)c(C(=O)Nc2cccc(Cl)c2Cl)c1N. The normalized spacial score (nSPS) is 10.6. The quantitative estimate of drug-likeness (QED) is 0.914. The second-order valence-electron chi connectivity index (χ2n) is 4.24. The molecule has 0 unspecified atom stereocenters. The summed E-state index contributed by atoms with van der Waals surface area (Å²) in [6, 6.07) is 5.01. The largest absolute Gasteiger partial charge is 0.395 e. The zero-order valence-corrected chi connectivity index (χ0v) is 12.6. The predicted octanol–water partition coefficient (Wildman–Crippen LogP) is 3.12. The highest BCUT2D eigenvalue weighted by Crippen LogP contribution is 2.30. The first kappa shape index (κ1) is 14.7. The molecule has 0 spiro atoms. The number of nitrogens with two attached hydrogens (primary N) is 1. The molecule has 2 rings (SSSR count). The third-order valence-electron chi connectivity index (χ3n) is 2.91. The highest BCUT2D eigenvalue weighted by atomic mass is 35.5. The van der Waals surface area contributed by atoms with Crippen molar-refractivity contribution in [3.63, 3.8) is 0 Å². The van der Waals surface area contributed by atoms with Crippen molar-refractivity contribution in [2.75, 3.05) is 11.1 Å². The van der Waals surface area contributed by atoms with E-state index in [2.05, 4.69) is 10.4 Å². The van der Waals surface area contributed by atoms with Gasteiger partial charge in [0.05, 0.1) is 27.1 Å². The summed E-state index contributed by atoms with van der Waals surface area (Å²) >= 11 is 11.9. The van der Waals surface area contributed by atoms with Crippen LogP contribution in [0.3, 0.4) is 0 Å². The minimum absolute atomic E-state index is 0.291. The molecule has 5 nitrogen and oxygen atoms in total. The first-order valence-corrected chi connectivity index (χ1v) is 6.78. The summed E-state index contributed by atoms with van der Waals surface area (Å²) in [6.45, 7) is 1.92. The van der Waals surface area contributed by atoms with Gasteiger partial charge in [0, 0.05) is 7.05 Å². The van der Waals surface area contributed by atoms with Crippen molar-refractivity contribution in [2.45, 2.75) is 13.3 Å². The number of aryl methyl sites for hydroxylation is 2. The Kier molecular flexibility index (Phi) is 4.20. The van der Waals surface area contributed by atoms with Crippen LogP contribution in [0.2, 0.25) is 10.0 Å². The second-order valence-corrected chi connectivity index (χ2v) is 5.03. The minimum atomic E-state index is -0.374. The van der Waals surface area contributed by atoms with Crippen molar-refractivity contribution in [1.82, 2.24) is 9.78 Å². The zero-order valence-electron chi connectivity index (χ0n) is 11.1. The molecular weight excluding hydrogens is 299 g/mol. The molecule has 0 aliphatic rings. The summed E-state index contributed by atoms with van der Waals surface area (Å²) in [5.41, 5.74) is 7.74. The van der Waals surface area contributed by atoms with Crippen LogP contribution in [-0.4, -0.2) is 15.7 Å². The monoisotopic (exact) mass is 312 g/mol. The van der Waals surface area contributed by atoms with Gasteiger partial charge in [-0.15, -0.1) is 0 Å². The number of hydrogen-bond acceptors (Lipinski definition) is 3. The number of nitrogen functional groups attached to an aromatic ring is 1. The molecule has 0 bridgehead atoms. The third-order valence-corrected chi connectivity index (χ3v) is 3.73. The summed E-state index contributed by atoms with van der Waals surface area (Å²) in [5.74, 6) is -0.374. The van der Waals surface area contributed by atoms with E-state index in [1.807, 2.05) is 6.92 Å². The maximum absolute atomic E-state index is 12.3. The van der Waals surface area contributed by atoms with Gasteiger partial charge in [0.1, 0.15) is 5.69 Å². The molecule has 1 heterocycles. The summed E-state index contributed by atoms with van der Waals surface area (Å²) < 4.78 is 1.46. The van der Waals surface area contributed by atoms with Crippen molar-refractivity contribution in [3.05, 3.63) is 39.6 Å². The van der Waals surface area contributed by atoms with E-state index in [0.717, 1.165) is 0 Å². The van der Waals surface area contributed by atoms with E-state index in [1.54, 1.807) is 25.2 Å². The molecule has 2 aromatic rings. The molecule has 0 saturated heterocycles. The Balaban J connectivity index is 2.33. The molecule has 20 heavy (non-hydrogen) atoms. The lowest BCUT2D eigenvalue weighted by atomic mass is 10.2. The van der Waals surface area contributed by atoms with E-state index in [-0.39, 0.29) is 5.91 Å². The number of nitrogens with zero attached hydrogens (tertiary/aromatic N) is 2. The average Bonchev–Trinajstić information content (AvgIpc) is 2.69. The van der Waals surface area contributed by atoms with Crippen molar-refractivity contribution in [2.24, 2.45) is 7.05 Å². The van der Waals surface area contributed by atoms with Crippen LogP contribution in [0, 0.1) is 0 Å². The topological polar surface area (TPSA) is 72.9 Å². The van der Waals surface area contributed by atoms with Gasteiger partial charge in [0.2, 0.25) is 0 Å². The number of aromatic nitrogens is 2. The zero-order chi connectivity index (χ0) is 14.9. The Morgan fingerprint density at radius 1 is 1.45 bits per heavy atom. The van der Waals surface area contributed by atoms with Crippen LogP contribution in [0.25, 0.3) is 0 Å². The van der Waals surface area contributed by atoms with Crippen molar-refractivity contribution in [1.29, 1.82) is 0 Å². The van der Waals surface area contributed by atoms with Crippen LogP contribution < -0.4 is 11.1 Å². The van der Waals surface area contributed by atoms with Gasteiger partial charge in [0.25, 0.3) is 5.91 Å². The highest BCUT2D eigenvalue weighted by molar-refractivity contribution is 6.44. The lowest BCUT2D eigenvalue weighted by Crippen LogP contribution is -2.18. The fourth-order valence-corrected chi connectivity index (χ4v) is 2.26. The standard InChI is InChI=1S/C13H14Cl2N4O/c1-3-8-11(16)12(19(2)18-8)13(20)17-9-6-4-5-7(14)10(9)15/h4-6H,3,16H2,1-2H3,(H,17,20). The number of anilines is 2. The first-order chi connectivity index (χ1) is 9.45. The van der Waals surface area contributed by atoms with Gasteiger partial charge in [-0.05, 0) is 18.6 Å². The number of carbonyl (C=O) groups excluding carboxylic acids is 1. The van der Waals surface area contributed by atoms with Crippen molar-refractivity contribution in [3.8, 4) is 0 Å². The van der Waals surface area contributed by atoms with Crippen molar-refractivity contribution >= 4 is 40.5 Å². The molecule has 0 aliphatic carbocycles. The van der Waals surface area contributed by atoms with Gasteiger partial charge >= 0.3 is 0 Å². The van der Waals surface area contributed by atoms with Gasteiger partial charge in [-0.3, -0.25) is 9.48 Å². The van der Waals surface area contributed by atoms with Crippen LogP contribution in [0.5, 0.6) is 0 Å². The molecule has 0 atom stereocenters. The maximum Gasteiger partial charge on any atom is 0.276 e. The fourth-order valence-electron chi connectivity index (χ4n) is 1.91. The van der Waals surface area contributed by atoms with Crippen LogP contribution in [-0.2, 0) is 13.5 Å². The number of rotatable bonds is 3. The van der Waals surface area contributed by atoms with E-state index >= 15 is 0 Å². The average molecular weight is 313 g/mol. The molecule has 7 heteroatoms. The number of amides is 1. The van der Waals surface area contributed by atoms with Crippen molar-refractivity contribution < 1.29 is 4.79 Å². The first-order valence-electron chi connectivity index (χ1n) is 6.02. The predicted molar refractivity (Wildman–Crippen MR) is 81.4 cm³/mol. The molecule has 1 aromatic carbocycles. The lowest BCUT2D eigenvalue weighted by Gasteiger charge is -2.08. The second kappa shape index (κ2) is 5.73. The number of carbonyl (C=O) groups is 1. The number of hydrogen-bond donors (Lipinski definition) is 2. The van der Waals surface area contributed by atoms with E-state index in [1.165, 1.54) is 4.68 Å². The molecule has 0 aliphatic heterocycles. The van der Waals surface area contributed by atoms with Gasteiger partial charge in [0.15, 0.2) is 0 Å². The molecular formula is C13H14Cl2N4O. The minimum Gasteiger partial charge on any atom is -0.395 e.